The zero-order valence-corrected chi connectivity index (χ0v) is 27.5. The van der Waals surface area contributed by atoms with E-state index in [0.717, 1.165) is 30.1 Å². The molecule has 0 aliphatic carbocycles. The Morgan fingerprint density at radius 2 is 1.38 bits per heavy atom. The Labute approximate surface area is 258 Å². The van der Waals surface area contributed by atoms with Gasteiger partial charge in [0.25, 0.3) is 0 Å². The molecule has 1 amide bonds. The quantitative estimate of drug-likeness (QED) is 0.395. The van der Waals surface area contributed by atoms with E-state index in [1.807, 2.05) is 19.1 Å². The minimum absolute atomic E-state index is 0. The van der Waals surface area contributed by atoms with Crippen LogP contribution in [0.2, 0.25) is 0 Å². The summed E-state index contributed by atoms with van der Waals surface area (Å²) in [5.74, 6) is 0.739. The van der Waals surface area contributed by atoms with Crippen LogP contribution in [0.3, 0.4) is 0 Å². The summed E-state index contributed by atoms with van der Waals surface area (Å²) < 4.78 is 8.84. The zero-order valence-electron chi connectivity index (χ0n) is 24.2. The molecule has 1 fully saturated rings. The molecule has 5 rings (SSSR count). The summed E-state index contributed by atoms with van der Waals surface area (Å²) in [7, 11) is 0. The van der Waals surface area contributed by atoms with E-state index in [0.29, 0.717) is 6.42 Å². The molecule has 1 unspecified atom stereocenters. The van der Waals surface area contributed by atoms with Gasteiger partial charge < -0.3 is 24.8 Å². The molecule has 2 aliphatic heterocycles. The fourth-order valence-corrected chi connectivity index (χ4v) is 8.55. The summed E-state index contributed by atoms with van der Waals surface area (Å²) in [6, 6.07) is 15.3. The third kappa shape index (κ3) is 6.10. The van der Waals surface area contributed by atoms with Gasteiger partial charge in [-0.1, -0.05) is 0 Å². The predicted molar refractivity (Wildman–Crippen MR) is 155 cm³/mol. The van der Waals surface area contributed by atoms with E-state index >= 15 is 0 Å². The number of carbonyl (C=O) groups excluding carboxylic acids is 1. The van der Waals surface area contributed by atoms with Gasteiger partial charge in [-0.2, -0.15) is 0 Å². The summed E-state index contributed by atoms with van der Waals surface area (Å²) >= 11 is -0.234. The van der Waals surface area contributed by atoms with Crippen molar-refractivity contribution in [1.82, 2.24) is 0 Å². The predicted octanol–water partition coefficient (Wildman–Crippen LogP) is 0.198. The van der Waals surface area contributed by atoms with Crippen LogP contribution in [0.4, 0.5) is 17.1 Å². The van der Waals surface area contributed by atoms with Gasteiger partial charge in [-0.05, 0) is 0 Å². The van der Waals surface area contributed by atoms with Crippen LogP contribution < -0.4 is 44.7 Å². The molecule has 1 atom stereocenters. The standard InChI is InChI=1S/C21H27N2.C11H11NO2.2ClH.Ru/c1-14-9-16(3)20(17(4)10-14)22-7-8-23(13-22)21-18(5)11-15(2)12-19(21)6;1-3-9-11(13)12-8-6-4-5-7(2)10(8)14-9;;;/h9-13H,7-8H2,1-6H3;2,4-6,9H,3H2,1H3,(H,12,13);2*1H;/q;;;;+2/p-2. The molecule has 1 saturated heterocycles. The number of amides is 1. The van der Waals surface area contributed by atoms with E-state index in [1.165, 1.54) is 44.8 Å². The molecular weight excluding hydrogens is 630 g/mol. The summed E-state index contributed by atoms with van der Waals surface area (Å²) in [6.07, 6.45) is 0.206. The van der Waals surface area contributed by atoms with E-state index in [4.69, 9.17) is 4.74 Å². The smallest absolute Gasteiger partial charge is 1.00 e. The van der Waals surface area contributed by atoms with Gasteiger partial charge in [-0.25, -0.2) is 0 Å². The Morgan fingerprint density at radius 1 is 0.875 bits per heavy atom. The monoisotopic (exact) mass is 668 g/mol. The van der Waals surface area contributed by atoms with Gasteiger partial charge in [0.05, 0.1) is 0 Å². The average molecular weight is 669 g/mol. The molecular formula is C32H38Cl2N3O2Ru. The molecule has 5 nitrogen and oxygen atoms in total. The summed E-state index contributed by atoms with van der Waals surface area (Å²) in [5, 5.41) is 3.04. The van der Waals surface area contributed by atoms with Crippen molar-refractivity contribution >= 4 is 27.6 Å². The molecule has 3 aromatic carbocycles. The van der Waals surface area contributed by atoms with Crippen molar-refractivity contribution in [3.05, 3.63) is 81.4 Å². The SMILES string of the molecule is CCC1Oc2c(/[CH]=[Ru+2]/[CH]3N(c4c(C)cc(C)cc4C)CCN3c3c(C)cc(C)cc3C)cccc2NC1=O.[Cl-].[Cl-]. The first-order chi connectivity index (χ1) is 18.2. The molecule has 0 spiro atoms. The molecule has 0 aromatic heterocycles. The van der Waals surface area contributed by atoms with E-state index < -0.39 is 6.10 Å². The number of ether oxygens (including phenoxy) is 1. The topological polar surface area (TPSA) is 44.8 Å². The van der Waals surface area contributed by atoms with Gasteiger partial charge in [-0.15, -0.1) is 0 Å². The first-order valence-electron chi connectivity index (χ1n) is 13.4. The maximum atomic E-state index is 12.4. The normalized spacial score (nSPS) is 16.8. The fraction of sp³-hybridized carbons (Fsp3) is 0.375. The van der Waals surface area contributed by atoms with Crippen molar-refractivity contribution in [2.45, 2.75) is 65.8 Å². The van der Waals surface area contributed by atoms with Gasteiger partial charge in [0.15, 0.2) is 0 Å². The second-order valence-electron chi connectivity index (χ2n) is 10.6. The maximum Gasteiger partial charge on any atom is -1.00 e. The van der Waals surface area contributed by atoms with Crippen molar-refractivity contribution < 1.29 is 51.0 Å². The van der Waals surface area contributed by atoms with Crippen LogP contribution in [-0.4, -0.2) is 34.5 Å². The first kappa shape index (κ1) is 32.1. The molecule has 2 heterocycles. The van der Waals surface area contributed by atoms with Crippen molar-refractivity contribution in [3.63, 3.8) is 0 Å². The van der Waals surface area contributed by atoms with Crippen LogP contribution in [0.1, 0.15) is 52.3 Å². The summed E-state index contributed by atoms with van der Waals surface area (Å²) in [6.45, 7) is 17.3. The largest absolute Gasteiger partial charge is 1.00 e. The number of fused-ring (bicyclic) bond motifs is 1. The number of anilines is 3. The van der Waals surface area contributed by atoms with E-state index in [2.05, 4.69) is 91.6 Å². The Morgan fingerprint density at radius 3 is 1.85 bits per heavy atom. The van der Waals surface area contributed by atoms with Crippen molar-refractivity contribution in [1.29, 1.82) is 0 Å². The number of para-hydroxylation sites is 1. The number of benzene rings is 3. The third-order valence-electron chi connectivity index (χ3n) is 7.43. The molecule has 0 bridgehead atoms. The second kappa shape index (κ2) is 13.1. The van der Waals surface area contributed by atoms with Crippen LogP contribution in [0.5, 0.6) is 5.75 Å². The van der Waals surface area contributed by atoms with Crippen LogP contribution in [0.25, 0.3) is 0 Å². The van der Waals surface area contributed by atoms with Gasteiger partial charge >= 0.3 is 235 Å². The fourth-order valence-electron chi connectivity index (χ4n) is 6.06. The Balaban J connectivity index is 0.00000220. The molecule has 0 radical (unpaired) electrons. The van der Waals surface area contributed by atoms with Crippen molar-refractivity contribution in [3.8, 4) is 5.75 Å². The molecule has 40 heavy (non-hydrogen) atoms. The summed E-state index contributed by atoms with van der Waals surface area (Å²) in [5.41, 5.74) is 12.5. The molecule has 8 heteroatoms. The first-order valence-corrected chi connectivity index (χ1v) is 15.4. The van der Waals surface area contributed by atoms with Gasteiger partial charge in [-0.3, -0.25) is 0 Å². The van der Waals surface area contributed by atoms with E-state index in [-0.39, 0.29) is 52.2 Å². The van der Waals surface area contributed by atoms with Crippen LogP contribution >= 0.6 is 0 Å². The van der Waals surface area contributed by atoms with Crippen molar-refractivity contribution in [2.24, 2.45) is 0 Å². The van der Waals surface area contributed by atoms with E-state index in [1.54, 1.807) is 0 Å². The number of hydrogen-bond acceptors (Lipinski definition) is 4. The third-order valence-corrected chi connectivity index (χ3v) is 9.86. The number of nitrogens with one attached hydrogen (secondary N) is 1. The van der Waals surface area contributed by atoms with Crippen LogP contribution in [0.15, 0.2) is 42.5 Å². The van der Waals surface area contributed by atoms with Crippen LogP contribution in [0, 0.1) is 41.5 Å². The molecule has 1 N–H and O–H groups in total. The second-order valence-corrected chi connectivity index (χ2v) is 12.6. The van der Waals surface area contributed by atoms with Gasteiger partial charge in [0.1, 0.15) is 0 Å². The van der Waals surface area contributed by atoms with Gasteiger partial charge in [0, 0.05) is 0 Å². The minimum Gasteiger partial charge on any atom is -1.00 e. The maximum absolute atomic E-state index is 12.4. The number of rotatable bonds is 5. The number of hydrogen-bond donors (Lipinski definition) is 1. The zero-order chi connectivity index (χ0) is 27.1. The van der Waals surface area contributed by atoms with E-state index in [9.17, 15) is 4.79 Å². The average Bonchev–Trinajstić information content (AvgIpc) is 3.23. The van der Waals surface area contributed by atoms with Crippen LogP contribution in [-0.2, 0) is 21.5 Å². The summed E-state index contributed by atoms with van der Waals surface area (Å²) in [4.78, 5) is 17.6. The van der Waals surface area contributed by atoms with Crippen molar-refractivity contribution in [2.75, 3.05) is 28.2 Å². The Kier molecular flexibility index (Phi) is 10.5. The molecule has 3 aromatic rings. The molecule has 0 saturated carbocycles. The Hall–Kier alpha value is -2.40. The number of aryl methyl sites for hydroxylation is 6. The molecule has 2 aliphatic rings. The number of halogens is 2. The number of carbonyl (C=O) groups is 1. The Bertz CT molecular complexity index is 1330. The minimum atomic E-state index is -0.442. The van der Waals surface area contributed by atoms with Gasteiger partial charge in [0.2, 0.25) is 0 Å². The molecule has 215 valence electrons. The number of nitrogens with zero attached hydrogens (tertiary/aromatic N) is 2.